The van der Waals surface area contributed by atoms with E-state index in [4.69, 9.17) is 10.3 Å². The number of nitrogens with zero attached hydrogens (tertiary/aromatic N) is 3. The first-order valence-electron chi connectivity index (χ1n) is 5.78. The summed E-state index contributed by atoms with van der Waals surface area (Å²) in [5.41, 5.74) is 7.09. The van der Waals surface area contributed by atoms with Crippen molar-refractivity contribution >= 4 is 37.5 Å². The van der Waals surface area contributed by atoms with Crippen LogP contribution in [0.5, 0.6) is 5.75 Å². The summed E-state index contributed by atoms with van der Waals surface area (Å²) in [6, 6.07) is 6.53. The molecule has 0 aliphatic carbocycles. The van der Waals surface area contributed by atoms with Crippen LogP contribution in [-0.2, 0) is 0 Å². The standard InChI is InChI=1S/C13H8Br2N4O2/c14-7-4-8(15)11(17-5-7)12-18-13(21-19-12)6-1-2-10(20)9(16)3-6/h1-5,20H,16H2. The molecule has 0 saturated carbocycles. The Morgan fingerprint density at radius 2 is 2.00 bits per heavy atom. The Morgan fingerprint density at radius 3 is 2.71 bits per heavy atom. The molecule has 0 amide bonds. The fraction of sp³-hybridized carbons (Fsp3) is 0. The third-order valence-corrected chi connectivity index (χ3v) is 3.76. The minimum Gasteiger partial charge on any atom is -0.506 e. The number of phenolic OH excluding ortho intramolecular Hbond substituents is 1. The second-order valence-electron chi connectivity index (χ2n) is 4.18. The van der Waals surface area contributed by atoms with Crippen LogP contribution >= 0.6 is 31.9 Å². The van der Waals surface area contributed by atoms with Crippen LogP contribution in [-0.4, -0.2) is 20.2 Å². The van der Waals surface area contributed by atoms with E-state index in [-0.39, 0.29) is 11.4 Å². The summed E-state index contributed by atoms with van der Waals surface area (Å²) in [6.45, 7) is 0. The smallest absolute Gasteiger partial charge is 0.258 e. The molecule has 21 heavy (non-hydrogen) atoms. The maximum atomic E-state index is 9.42. The zero-order valence-electron chi connectivity index (χ0n) is 10.4. The number of hydrogen-bond donors (Lipinski definition) is 2. The van der Waals surface area contributed by atoms with Gasteiger partial charge in [0.25, 0.3) is 5.89 Å². The molecule has 1 aromatic carbocycles. The molecular formula is C13H8Br2N4O2. The number of nitrogens with two attached hydrogens (primary N) is 1. The van der Waals surface area contributed by atoms with E-state index in [9.17, 15) is 5.11 Å². The first kappa shape index (κ1) is 14.0. The number of phenols is 1. The van der Waals surface area contributed by atoms with E-state index in [1.807, 2.05) is 6.07 Å². The number of hydrogen-bond acceptors (Lipinski definition) is 6. The maximum Gasteiger partial charge on any atom is 0.258 e. The van der Waals surface area contributed by atoms with Gasteiger partial charge in [-0.25, -0.2) is 0 Å². The Labute approximate surface area is 136 Å². The lowest BCUT2D eigenvalue weighted by Crippen LogP contribution is -1.89. The molecular weight excluding hydrogens is 404 g/mol. The molecule has 0 unspecified atom stereocenters. The second kappa shape index (κ2) is 5.45. The highest BCUT2D eigenvalue weighted by Gasteiger charge is 2.15. The lowest BCUT2D eigenvalue weighted by molar-refractivity contribution is 0.432. The van der Waals surface area contributed by atoms with E-state index in [1.54, 1.807) is 18.3 Å². The number of nitrogen functional groups attached to an aromatic ring is 1. The molecule has 2 aromatic heterocycles. The first-order valence-corrected chi connectivity index (χ1v) is 7.37. The average Bonchev–Trinajstić information content (AvgIpc) is 2.91. The van der Waals surface area contributed by atoms with E-state index in [2.05, 4.69) is 47.0 Å². The van der Waals surface area contributed by atoms with Gasteiger partial charge in [0.15, 0.2) is 0 Å². The number of aromatic hydroxyl groups is 1. The summed E-state index contributed by atoms with van der Waals surface area (Å²) in [5, 5.41) is 13.3. The molecule has 0 atom stereocenters. The SMILES string of the molecule is Nc1cc(-c2nc(-c3ncc(Br)cc3Br)no2)ccc1O. The molecule has 6 nitrogen and oxygen atoms in total. The summed E-state index contributed by atoms with van der Waals surface area (Å²) >= 11 is 6.73. The van der Waals surface area contributed by atoms with E-state index < -0.39 is 0 Å². The number of benzene rings is 1. The zero-order chi connectivity index (χ0) is 15.0. The molecule has 0 bridgehead atoms. The van der Waals surface area contributed by atoms with Crippen LogP contribution in [0.4, 0.5) is 5.69 Å². The van der Waals surface area contributed by atoms with Crippen LogP contribution in [0.1, 0.15) is 0 Å². The molecule has 0 aliphatic heterocycles. The van der Waals surface area contributed by atoms with Gasteiger partial charge in [-0.15, -0.1) is 0 Å². The third kappa shape index (κ3) is 2.77. The highest BCUT2D eigenvalue weighted by molar-refractivity contribution is 9.11. The van der Waals surface area contributed by atoms with Crippen LogP contribution in [0, 0.1) is 0 Å². The maximum absolute atomic E-state index is 9.42. The quantitative estimate of drug-likeness (QED) is 0.493. The van der Waals surface area contributed by atoms with Crippen molar-refractivity contribution in [2.24, 2.45) is 0 Å². The summed E-state index contributed by atoms with van der Waals surface area (Å²) in [7, 11) is 0. The van der Waals surface area contributed by atoms with Crippen molar-refractivity contribution in [3.05, 3.63) is 39.4 Å². The van der Waals surface area contributed by atoms with Gasteiger partial charge >= 0.3 is 0 Å². The van der Waals surface area contributed by atoms with E-state index in [0.29, 0.717) is 23.0 Å². The van der Waals surface area contributed by atoms with Crippen molar-refractivity contribution in [1.29, 1.82) is 0 Å². The van der Waals surface area contributed by atoms with Gasteiger partial charge in [-0.3, -0.25) is 4.98 Å². The van der Waals surface area contributed by atoms with Gasteiger partial charge in [-0.05, 0) is 56.1 Å². The summed E-state index contributed by atoms with van der Waals surface area (Å²) in [4.78, 5) is 8.53. The molecule has 0 fully saturated rings. The molecule has 3 aromatic rings. The Bertz CT molecular complexity index is 820. The summed E-state index contributed by atoms with van der Waals surface area (Å²) < 4.78 is 6.80. The number of pyridine rings is 1. The molecule has 0 spiro atoms. The fourth-order valence-electron chi connectivity index (χ4n) is 1.70. The highest BCUT2D eigenvalue weighted by Crippen LogP contribution is 2.30. The molecule has 106 valence electrons. The summed E-state index contributed by atoms with van der Waals surface area (Å²) in [5.74, 6) is 0.667. The van der Waals surface area contributed by atoms with E-state index in [1.165, 1.54) is 6.07 Å². The van der Waals surface area contributed by atoms with Gasteiger partial charge in [0.2, 0.25) is 5.82 Å². The highest BCUT2D eigenvalue weighted by atomic mass is 79.9. The van der Waals surface area contributed by atoms with Gasteiger partial charge in [0.05, 0.1) is 5.69 Å². The van der Waals surface area contributed by atoms with Crippen molar-refractivity contribution in [2.45, 2.75) is 0 Å². The van der Waals surface area contributed by atoms with Crippen molar-refractivity contribution in [1.82, 2.24) is 15.1 Å². The topological polar surface area (TPSA) is 98.1 Å². The fourth-order valence-corrected chi connectivity index (χ4v) is 2.87. The minimum absolute atomic E-state index is 0.0100. The van der Waals surface area contributed by atoms with Gasteiger partial charge < -0.3 is 15.4 Å². The lowest BCUT2D eigenvalue weighted by atomic mass is 10.2. The van der Waals surface area contributed by atoms with Crippen LogP contribution in [0.2, 0.25) is 0 Å². The Hall–Kier alpha value is -1.93. The molecule has 3 rings (SSSR count). The number of rotatable bonds is 2. The minimum atomic E-state index is 0.0100. The van der Waals surface area contributed by atoms with Crippen LogP contribution in [0.15, 0.2) is 43.9 Å². The van der Waals surface area contributed by atoms with Crippen molar-refractivity contribution in [2.75, 3.05) is 5.73 Å². The van der Waals surface area contributed by atoms with E-state index in [0.717, 1.165) is 8.95 Å². The Balaban J connectivity index is 2.01. The summed E-state index contributed by atoms with van der Waals surface area (Å²) in [6.07, 6.45) is 1.65. The zero-order valence-corrected chi connectivity index (χ0v) is 13.6. The molecule has 8 heteroatoms. The Morgan fingerprint density at radius 1 is 1.19 bits per heavy atom. The first-order chi connectivity index (χ1) is 10.0. The van der Waals surface area contributed by atoms with E-state index >= 15 is 0 Å². The van der Waals surface area contributed by atoms with Crippen molar-refractivity contribution in [3.8, 4) is 28.7 Å². The van der Waals surface area contributed by atoms with Crippen LogP contribution in [0.3, 0.4) is 0 Å². The number of halogens is 2. The van der Waals surface area contributed by atoms with Gasteiger partial charge in [-0.2, -0.15) is 4.98 Å². The predicted octanol–water partition coefficient (Wildman–Crippen LogP) is 3.61. The lowest BCUT2D eigenvalue weighted by Gasteiger charge is -1.99. The molecule has 0 saturated heterocycles. The molecule has 0 radical (unpaired) electrons. The van der Waals surface area contributed by atoms with Crippen molar-refractivity contribution in [3.63, 3.8) is 0 Å². The number of anilines is 1. The van der Waals surface area contributed by atoms with Gasteiger partial charge in [0.1, 0.15) is 11.4 Å². The predicted molar refractivity (Wildman–Crippen MR) is 84.4 cm³/mol. The van der Waals surface area contributed by atoms with Gasteiger partial charge in [0, 0.05) is 20.7 Å². The molecule has 0 aliphatic rings. The molecule has 3 N–H and O–H groups in total. The van der Waals surface area contributed by atoms with Crippen LogP contribution in [0.25, 0.3) is 23.0 Å². The Kier molecular flexibility index (Phi) is 3.64. The molecule has 2 heterocycles. The average molecular weight is 412 g/mol. The second-order valence-corrected chi connectivity index (χ2v) is 5.95. The normalized spacial score (nSPS) is 10.8. The van der Waals surface area contributed by atoms with Crippen molar-refractivity contribution < 1.29 is 9.63 Å². The van der Waals surface area contributed by atoms with Crippen LogP contribution < -0.4 is 5.73 Å². The largest absolute Gasteiger partial charge is 0.506 e. The van der Waals surface area contributed by atoms with Gasteiger partial charge in [-0.1, -0.05) is 5.16 Å². The number of aromatic nitrogens is 3. The third-order valence-electron chi connectivity index (χ3n) is 2.72. The monoisotopic (exact) mass is 410 g/mol.